The van der Waals surface area contributed by atoms with Gasteiger partial charge in [-0.2, -0.15) is 0 Å². The van der Waals surface area contributed by atoms with Crippen LogP contribution in [-0.2, 0) is 11.3 Å². The third-order valence-corrected chi connectivity index (χ3v) is 5.11. The Morgan fingerprint density at radius 2 is 1.92 bits per heavy atom. The molecule has 0 aromatic heterocycles. The molecule has 3 rings (SSSR count). The molecule has 3 nitrogen and oxygen atoms in total. The van der Waals surface area contributed by atoms with Crippen LogP contribution < -0.4 is 5.32 Å². The first kappa shape index (κ1) is 18.0. The van der Waals surface area contributed by atoms with Crippen LogP contribution in [0.1, 0.15) is 36.9 Å². The van der Waals surface area contributed by atoms with Gasteiger partial charge >= 0.3 is 0 Å². The van der Waals surface area contributed by atoms with E-state index in [1.165, 1.54) is 5.56 Å². The molecular formula is C21H25ClN2O. The van der Waals surface area contributed by atoms with Crippen molar-refractivity contribution in [3.8, 4) is 0 Å². The summed E-state index contributed by atoms with van der Waals surface area (Å²) in [6.45, 7) is 4.77. The van der Waals surface area contributed by atoms with E-state index in [0.717, 1.165) is 43.1 Å². The lowest BCUT2D eigenvalue weighted by Gasteiger charge is -2.32. The standard InChI is InChI=1S/C21H25ClN2O/c1-16(18-6-3-2-4-7-18)23-21(25)19-8-5-13-24(15-19)14-17-9-11-20(22)12-10-17/h2-4,6-7,9-12,16,19H,5,8,13-15H2,1H3,(H,23,25)/t16-,19+/m0/s1. The lowest BCUT2D eigenvalue weighted by molar-refractivity contribution is -0.127. The predicted octanol–water partition coefficient (Wildman–Crippen LogP) is 4.43. The van der Waals surface area contributed by atoms with E-state index in [1.54, 1.807) is 0 Å². The number of carbonyl (C=O) groups is 1. The van der Waals surface area contributed by atoms with Crippen molar-refractivity contribution in [2.45, 2.75) is 32.4 Å². The van der Waals surface area contributed by atoms with Gasteiger partial charge in [0.1, 0.15) is 0 Å². The topological polar surface area (TPSA) is 32.3 Å². The maximum absolute atomic E-state index is 12.7. The monoisotopic (exact) mass is 356 g/mol. The second kappa shape index (κ2) is 8.50. The molecule has 1 fully saturated rings. The van der Waals surface area contributed by atoms with Crippen LogP contribution in [0.3, 0.4) is 0 Å². The van der Waals surface area contributed by atoms with E-state index in [0.29, 0.717) is 0 Å². The van der Waals surface area contributed by atoms with Crippen molar-refractivity contribution < 1.29 is 4.79 Å². The van der Waals surface area contributed by atoms with Gasteiger partial charge in [-0.05, 0) is 49.6 Å². The largest absolute Gasteiger partial charge is 0.349 e. The van der Waals surface area contributed by atoms with Crippen LogP contribution in [-0.4, -0.2) is 23.9 Å². The summed E-state index contributed by atoms with van der Waals surface area (Å²) in [7, 11) is 0. The van der Waals surface area contributed by atoms with Crippen molar-refractivity contribution in [3.63, 3.8) is 0 Å². The minimum atomic E-state index is 0.0420. The third-order valence-electron chi connectivity index (χ3n) is 4.85. The highest BCUT2D eigenvalue weighted by Gasteiger charge is 2.26. The fraction of sp³-hybridized carbons (Fsp3) is 0.381. The maximum atomic E-state index is 12.7. The van der Waals surface area contributed by atoms with Gasteiger partial charge in [-0.1, -0.05) is 54.1 Å². The van der Waals surface area contributed by atoms with E-state index in [9.17, 15) is 4.79 Å². The van der Waals surface area contributed by atoms with Crippen LogP contribution >= 0.6 is 11.6 Å². The van der Waals surface area contributed by atoms with Crippen molar-refractivity contribution in [3.05, 3.63) is 70.7 Å². The second-order valence-corrected chi connectivity index (χ2v) is 7.28. The van der Waals surface area contributed by atoms with Gasteiger partial charge in [0.05, 0.1) is 12.0 Å². The molecule has 0 spiro atoms. The Morgan fingerprint density at radius 3 is 2.64 bits per heavy atom. The average molecular weight is 357 g/mol. The minimum absolute atomic E-state index is 0.0420. The molecular weight excluding hydrogens is 332 g/mol. The smallest absolute Gasteiger partial charge is 0.224 e. The molecule has 1 heterocycles. The van der Waals surface area contributed by atoms with E-state index in [1.807, 2.05) is 37.3 Å². The summed E-state index contributed by atoms with van der Waals surface area (Å²) in [5.41, 5.74) is 2.38. The molecule has 0 aliphatic carbocycles. The van der Waals surface area contributed by atoms with Gasteiger partial charge in [-0.15, -0.1) is 0 Å². The lowest BCUT2D eigenvalue weighted by Crippen LogP contribution is -2.43. The van der Waals surface area contributed by atoms with E-state index in [4.69, 9.17) is 11.6 Å². The second-order valence-electron chi connectivity index (χ2n) is 6.84. The molecule has 2 aromatic rings. The van der Waals surface area contributed by atoms with Crippen molar-refractivity contribution >= 4 is 17.5 Å². The number of likely N-dealkylation sites (tertiary alicyclic amines) is 1. The zero-order chi connectivity index (χ0) is 17.6. The van der Waals surface area contributed by atoms with Crippen LogP contribution in [0.2, 0.25) is 5.02 Å². The number of nitrogens with one attached hydrogen (secondary N) is 1. The van der Waals surface area contributed by atoms with Crippen molar-refractivity contribution in [1.82, 2.24) is 10.2 Å². The zero-order valence-electron chi connectivity index (χ0n) is 14.6. The van der Waals surface area contributed by atoms with Gasteiger partial charge in [-0.3, -0.25) is 9.69 Å². The van der Waals surface area contributed by atoms with E-state index < -0.39 is 0 Å². The number of carbonyl (C=O) groups excluding carboxylic acids is 1. The highest BCUT2D eigenvalue weighted by atomic mass is 35.5. The predicted molar refractivity (Wildman–Crippen MR) is 102 cm³/mol. The SMILES string of the molecule is C[C@H](NC(=O)[C@@H]1CCCN(Cc2ccc(Cl)cc2)C1)c1ccccc1. The average Bonchev–Trinajstić information content (AvgIpc) is 2.64. The molecule has 0 radical (unpaired) electrons. The highest BCUT2D eigenvalue weighted by molar-refractivity contribution is 6.30. The number of piperidine rings is 1. The summed E-state index contributed by atoms with van der Waals surface area (Å²) in [4.78, 5) is 15.0. The Balaban J connectivity index is 1.55. The van der Waals surface area contributed by atoms with Gasteiger partial charge in [0.15, 0.2) is 0 Å². The molecule has 1 N–H and O–H groups in total. The molecule has 0 saturated carbocycles. The minimum Gasteiger partial charge on any atom is -0.349 e. The van der Waals surface area contributed by atoms with Crippen LogP contribution in [0, 0.1) is 5.92 Å². The Morgan fingerprint density at radius 1 is 1.20 bits per heavy atom. The van der Waals surface area contributed by atoms with Crippen LogP contribution in [0.15, 0.2) is 54.6 Å². The summed E-state index contributed by atoms with van der Waals surface area (Å²) >= 11 is 5.95. The summed E-state index contributed by atoms with van der Waals surface area (Å²) in [6.07, 6.45) is 2.02. The Hall–Kier alpha value is -1.84. The molecule has 0 unspecified atom stereocenters. The summed E-state index contributed by atoms with van der Waals surface area (Å²) in [6, 6.07) is 18.1. The van der Waals surface area contributed by atoms with Crippen molar-refractivity contribution in [1.29, 1.82) is 0 Å². The lowest BCUT2D eigenvalue weighted by atomic mass is 9.96. The maximum Gasteiger partial charge on any atom is 0.224 e. The molecule has 2 atom stereocenters. The summed E-state index contributed by atoms with van der Waals surface area (Å²) in [5.74, 6) is 0.226. The number of hydrogen-bond donors (Lipinski definition) is 1. The molecule has 4 heteroatoms. The summed E-state index contributed by atoms with van der Waals surface area (Å²) < 4.78 is 0. The molecule has 25 heavy (non-hydrogen) atoms. The first-order chi connectivity index (χ1) is 12.1. The third kappa shape index (κ3) is 5.07. The molecule has 1 aliphatic rings. The summed E-state index contributed by atoms with van der Waals surface area (Å²) in [5, 5.41) is 3.93. The first-order valence-electron chi connectivity index (χ1n) is 8.94. The zero-order valence-corrected chi connectivity index (χ0v) is 15.4. The molecule has 132 valence electrons. The van der Waals surface area contributed by atoms with Crippen LogP contribution in [0.4, 0.5) is 0 Å². The Bertz CT molecular complexity index is 687. The van der Waals surface area contributed by atoms with Crippen LogP contribution in [0.25, 0.3) is 0 Å². The number of nitrogens with zero attached hydrogens (tertiary/aromatic N) is 1. The molecule has 1 amide bonds. The number of rotatable bonds is 5. The fourth-order valence-electron chi connectivity index (χ4n) is 3.42. The van der Waals surface area contributed by atoms with Gasteiger partial charge < -0.3 is 5.32 Å². The quantitative estimate of drug-likeness (QED) is 0.859. The van der Waals surface area contributed by atoms with Gasteiger partial charge in [-0.25, -0.2) is 0 Å². The van der Waals surface area contributed by atoms with Crippen molar-refractivity contribution in [2.75, 3.05) is 13.1 Å². The normalized spacial score (nSPS) is 19.4. The van der Waals surface area contributed by atoms with Gasteiger partial charge in [0.25, 0.3) is 0 Å². The Kier molecular flexibility index (Phi) is 6.11. The molecule has 2 aromatic carbocycles. The van der Waals surface area contributed by atoms with Gasteiger partial charge in [0, 0.05) is 18.1 Å². The molecule has 0 bridgehead atoms. The van der Waals surface area contributed by atoms with E-state index >= 15 is 0 Å². The number of halogens is 1. The Labute approximate surface area is 155 Å². The molecule has 1 saturated heterocycles. The van der Waals surface area contributed by atoms with E-state index in [-0.39, 0.29) is 17.9 Å². The van der Waals surface area contributed by atoms with Gasteiger partial charge in [0.2, 0.25) is 5.91 Å². The molecule has 1 aliphatic heterocycles. The number of hydrogen-bond acceptors (Lipinski definition) is 2. The number of benzene rings is 2. The highest BCUT2D eigenvalue weighted by Crippen LogP contribution is 2.21. The van der Waals surface area contributed by atoms with Crippen LogP contribution in [0.5, 0.6) is 0 Å². The fourth-order valence-corrected chi connectivity index (χ4v) is 3.54. The van der Waals surface area contributed by atoms with Crippen molar-refractivity contribution in [2.24, 2.45) is 5.92 Å². The number of amides is 1. The van der Waals surface area contributed by atoms with E-state index in [2.05, 4.69) is 34.5 Å². The first-order valence-corrected chi connectivity index (χ1v) is 9.32.